The Kier molecular flexibility index (Phi) is 3.14. The lowest BCUT2D eigenvalue weighted by Gasteiger charge is -2.02. The van der Waals surface area contributed by atoms with Crippen molar-refractivity contribution in [1.29, 1.82) is 0 Å². The van der Waals surface area contributed by atoms with Gasteiger partial charge in [0.1, 0.15) is 5.82 Å². The zero-order chi connectivity index (χ0) is 13.4. The third-order valence-electron chi connectivity index (χ3n) is 2.86. The standard InChI is InChI=1S/C14H9FINO2/c15-10-3-1-2-9(6-10)8-17-12-5-4-11(16)7-13(12)19-14(17)18/h1-7H,8H2. The monoisotopic (exact) mass is 369 g/mol. The Bertz CT molecular complexity index is 807. The fourth-order valence-corrected chi connectivity index (χ4v) is 2.47. The predicted octanol–water partition coefficient (Wildman–Crippen LogP) is 3.39. The summed E-state index contributed by atoms with van der Waals surface area (Å²) in [5.41, 5.74) is 1.99. The number of halogens is 2. The molecule has 5 heteroatoms. The van der Waals surface area contributed by atoms with Gasteiger partial charge < -0.3 is 4.42 Å². The average Bonchev–Trinajstić information content (AvgIpc) is 2.65. The molecule has 0 radical (unpaired) electrons. The number of oxazole rings is 1. The van der Waals surface area contributed by atoms with Crippen LogP contribution in [0.2, 0.25) is 0 Å². The number of rotatable bonds is 2. The van der Waals surface area contributed by atoms with Crippen LogP contribution in [0.5, 0.6) is 0 Å². The zero-order valence-electron chi connectivity index (χ0n) is 9.77. The summed E-state index contributed by atoms with van der Waals surface area (Å²) in [4.78, 5) is 11.8. The second-order valence-electron chi connectivity index (χ2n) is 4.20. The van der Waals surface area contributed by atoms with Crippen LogP contribution in [0, 0.1) is 9.39 Å². The Labute approximate surface area is 121 Å². The molecule has 2 aromatic carbocycles. The minimum absolute atomic E-state index is 0.296. The van der Waals surface area contributed by atoms with Gasteiger partial charge in [-0.3, -0.25) is 4.57 Å². The third-order valence-corrected chi connectivity index (χ3v) is 3.53. The van der Waals surface area contributed by atoms with Crippen molar-refractivity contribution in [2.45, 2.75) is 6.54 Å². The van der Waals surface area contributed by atoms with Gasteiger partial charge in [0.25, 0.3) is 0 Å². The predicted molar refractivity (Wildman–Crippen MR) is 78.7 cm³/mol. The third kappa shape index (κ3) is 2.42. The van der Waals surface area contributed by atoms with Crippen molar-refractivity contribution >= 4 is 33.7 Å². The molecule has 0 fully saturated rings. The molecule has 0 atom stereocenters. The van der Waals surface area contributed by atoms with Crippen LogP contribution in [0.3, 0.4) is 0 Å². The highest BCUT2D eigenvalue weighted by Crippen LogP contribution is 2.17. The van der Waals surface area contributed by atoms with Crippen LogP contribution >= 0.6 is 22.6 Å². The molecule has 0 spiro atoms. The first-order chi connectivity index (χ1) is 9.13. The van der Waals surface area contributed by atoms with Gasteiger partial charge in [0.05, 0.1) is 12.1 Å². The first-order valence-electron chi connectivity index (χ1n) is 5.67. The summed E-state index contributed by atoms with van der Waals surface area (Å²) in [6, 6.07) is 11.7. The maximum atomic E-state index is 13.2. The molecule has 3 aromatic rings. The molecule has 0 unspecified atom stereocenters. The first kappa shape index (κ1) is 12.4. The van der Waals surface area contributed by atoms with E-state index in [-0.39, 0.29) is 5.82 Å². The van der Waals surface area contributed by atoms with E-state index in [0.717, 1.165) is 14.7 Å². The van der Waals surface area contributed by atoms with Crippen molar-refractivity contribution < 1.29 is 8.81 Å². The lowest BCUT2D eigenvalue weighted by Crippen LogP contribution is -2.14. The molecular formula is C14H9FINO2. The molecular weight excluding hydrogens is 360 g/mol. The number of benzene rings is 2. The Morgan fingerprint density at radius 1 is 1.21 bits per heavy atom. The van der Waals surface area contributed by atoms with E-state index in [0.29, 0.717) is 12.1 Å². The van der Waals surface area contributed by atoms with Gasteiger partial charge in [-0.15, -0.1) is 0 Å². The summed E-state index contributed by atoms with van der Waals surface area (Å²) in [5, 5.41) is 0. The molecule has 0 saturated carbocycles. The van der Waals surface area contributed by atoms with Crippen molar-refractivity contribution in [2.75, 3.05) is 0 Å². The second kappa shape index (κ2) is 4.80. The van der Waals surface area contributed by atoms with E-state index in [2.05, 4.69) is 22.6 Å². The van der Waals surface area contributed by atoms with Gasteiger partial charge in [-0.2, -0.15) is 0 Å². The molecule has 0 aliphatic rings. The highest BCUT2D eigenvalue weighted by atomic mass is 127. The molecule has 0 aliphatic heterocycles. The summed E-state index contributed by atoms with van der Waals surface area (Å²) in [6.45, 7) is 0.296. The van der Waals surface area contributed by atoms with Crippen LogP contribution in [0.15, 0.2) is 51.7 Å². The summed E-state index contributed by atoms with van der Waals surface area (Å²) < 4.78 is 20.8. The van der Waals surface area contributed by atoms with Gasteiger partial charge >= 0.3 is 5.76 Å². The molecule has 19 heavy (non-hydrogen) atoms. The highest BCUT2D eigenvalue weighted by Gasteiger charge is 2.10. The van der Waals surface area contributed by atoms with Crippen LogP contribution in [-0.4, -0.2) is 4.57 Å². The Balaban J connectivity index is 2.10. The molecule has 0 amide bonds. The lowest BCUT2D eigenvalue weighted by molar-refractivity contribution is 0.517. The summed E-state index contributed by atoms with van der Waals surface area (Å²) in [7, 11) is 0. The molecule has 1 aromatic heterocycles. The van der Waals surface area contributed by atoms with Gasteiger partial charge in [-0.1, -0.05) is 12.1 Å². The fourth-order valence-electron chi connectivity index (χ4n) is 2.01. The average molecular weight is 369 g/mol. The lowest BCUT2D eigenvalue weighted by atomic mass is 10.2. The van der Waals surface area contributed by atoms with E-state index < -0.39 is 5.76 Å². The smallest absolute Gasteiger partial charge is 0.408 e. The molecule has 0 aliphatic carbocycles. The van der Waals surface area contributed by atoms with Crippen LogP contribution in [0.1, 0.15) is 5.56 Å². The van der Waals surface area contributed by atoms with E-state index in [1.807, 2.05) is 12.1 Å². The van der Waals surface area contributed by atoms with E-state index in [1.165, 1.54) is 16.7 Å². The molecule has 0 N–H and O–H groups in total. The Morgan fingerprint density at radius 3 is 2.84 bits per heavy atom. The minimum atomic E-state index is -0.429. The normalized spacial score (nSPS) is 11.1. The highest BCUT2D eigenvalue weighted by molar-refractivity contribution is 14.1. The largest absolute Gasteiger partial charge is 0.420 e. The fraction of sp³-hybridized carbons (Fsp3) is 0.0714. The van der Waals surface area contributed by atoms with Gasteiger partial charge in [0.15, 0.2) is 5.58 Å². The van der Waals surface area contributed by atoms with E-state index in [4.69, 9.17) is 4.42 Å². The van der Waals surface area contributed by atoms with Gasteiger partial charge in [0, 0.05) is 3.57 Å². The number of hydrogen-bond acceptors (Lipinski definition) is 2. The molecule has 1 heterocycles. The second-order valence-corrected chi connectivity index (χ2v) is 5.44. The van der Waals surface area contributed by atoms with Crippen LogP contribution in [-0.2, 0) is 6.54 Å². The maximum Gasteiger partial charge on any atom is 0.420 e. The van der Waals surface area contributed by atoms with Crippen molar-refractivity contribution in [1.82, 2.24) is 4.57 Å². The van der Waals surface area contributed by atoms with E-state index in [1.54, 1.807) is 18.2 Å². The topological polar surface area (TPSA) is 35.1 Å². The SMILES string of the molecule is O=c1oc2cc(I)ccc2n1Cc1cccc(F)c1. The van der Waals surface area contributed by atoms with Crippen molar-refractivity contribution in [2.24, 2.45) is 0 Å². The van der Waals surface area contributed by atoms with Crippen LogP contribution < -0.4 is 5.76 Å². The van der Waals surface area contributed by atoms with Crippen LogP contribution in [0.25, 0.3) is 11.1 Å². The van der Waals surface area contributed by atoms with Gasteiger partial charge in [-0.25, -0.2) is 9.18 Å². The van der Waals surface area contributed by atoms with Gasteiger partial charge in [-0.05, 0) is 58.5 Å². The van der Waals surface area contributed by atoms with Crippen molar-refractivity contribution in [3.63, 3.8) is 0 Å². The summed E-state index contributed by atoms with van der Waals surface area (Å²) in [6.07, 6.45) is 0. The molecule has 3 rings (SSSR count). The molecule has 96 valence electrons. The first-order valence-corrected chi connectivity index (χ1v) is 6.75. The minimum Gasteiger partial charge on any atom is -0.408 e. The number of nitrogens with zero attached hydrogens (tertiary/aromatic N) is 1. The number of hydrogen-bond donors (Lipinski definition) is 0. The summed E-state index contributed by atoms with van der Waals surface area (Å²) in [5.74, 6) is -0.742. The molecule has 3 nitrogen and oxygen atoms in total. The number of fused-ring (bicyclic) bond motifs is 1. The van der Waals surface area contributed by atoms with Crippen LogP contribution in [0.4, 0.5) is 4.39 Å². The number of aromatic nitrogens is 1. The Hall–Kier alpha value is -1.63. The Morgan fingerprint density at radius 2 is 2.05 bits per heavy atom. The maximum absolute atomic E-state index is 13.2. The van der Waals surface area contributed by atoms with E-state index >= 15 is 0 Å². The molecule has 0 bridgehead atoms. The summed E-state index contributed by atoms with van der Waals surface area (Å²) >= 11 is 2.16. The molecule has 0 saturated heterocycles. The van der Waals surface area contributed by atoms with E-state index in [9.17, 15) is 9.18 Å². The van der Waals surface area contributed by atoms with Gasteiger partial charge in [0.2, 0.25) is 0 Å². The van der Waals surface area contributed by atoms with Crippen molar-refractivity contribution in [3.05, 3.63) is 68.0 Å². The van der Waals surface area contributed by atoms with Crippen molar-refractivity contribution in [3.8, 4) is 0 Å². The quantitative estimate of drug-likeness (QED) is 0.650. The zero-order valence-corrected chi connectivity index (χ0v) is 11.9.